The highest BCUT2D eigenvalue weighted by Crippen LogP contribution is 2.21. The first kappa shape index (κ1) is 14.5. The highest BCUT2D eigenvalue weighted by atomic mass is 79.9. The molecule has 0 bridgehead atoms. The molecule has 0 aliphatic carbocycles. The molecule has 0 aromatic heterocycles. The van der Waals surface area contributed by atoms with Gasteiger partial charge in [0.05, 0.1) is 0 Å². The van der Waals surface area contributed by atoms with Gasteiger partial charge in [0.1, 0.15) is 17.7 Å². The van der Waals surface area contributed by atoms with Crippen LogP contribution in [0.5, 0.6) is 5.75 Å². The zero-order chi connectivity index (χ0) is 13.1. The average molecular weight is 304 g/mol. The van der Waals surface area contributed by atoms with Crippen LogP contribution in [0.25, 0.3) is 0 Å². The molecule has 1 aromatic carbocycles. The molecule has 0 amide bonds. The summed E-state index contributed by atoms with van der Waals surface area (Å²) in [6.07, 6.45) is -0.0112. The monoisotopic (exact) mass is 303 g/mol. The highest BCUT2D eigenvalue weighted by molar-refractivity contribution is 9.10. The van der Waals surface area contributed by atoms with Crippen molar-refractivity contribution in [2.45, 2.75) is 39.3 Å². The van der Waals surface area contributed by atoms with Crippen molar-refractivity contribution in [3.05, 3.63) is 28.5 Å². The van der Waals surface area contributed by atoms with Gasteiger partial charge >= 0.3 is 0 Å². The molecule has 0 heterocycles. The van der Waals surface area contributed by atoms with E-state index in [2.05, 4.69) is 42.0 Å². The van der Waals surface area contributed by atoms with Crippen LogP contribution in [0.2, 0.25) is 0 Å². The molecule has 96 valence electrons. The van der Waals surface area contributed by atoms with Crippen LogP contribution in [-0.4, -0.2) is 18.2 Å². The van der Waals surface area contributed by atoms with Crippen LogP contribution in [0.3, 0.4) is 0 Å². The number of halogens is 2. The average Bonchev–Trinajstić information content (AvgIpc) is 2.11. The van der Waals surface area contributed by atoms with Crippen LogP contribution in [0.4, 0.5) is 4.39 Å². The molecular weight excluding hydrogens is 285 g/mol. The van der Waals surface area contributed by atoms with E-state index in [-0.39, 0.29) is 17.5 Å². The van der Waals surface area contributed by atoms with Gasteiger partial charge in [0.2, 0.25) is 0 Å². The maximum Gasteiger partial charge on any atom is 0.128 e. The van der Waals surface area contributed by atoms with Crippen LogP contribution in [0.1, 0.15) is 27.7 Å². The Morgan fingerprint density at radius 1 is 1.35 bits per heavy atom. The standard InChI is InChI=1S/C13H19BrFNO/c1-9(8-16-13(2,3)4)17-12-6-10(14)5-11(15)7-12/h5-7,9,16H,8H2,1-4H3. The van der Waals surface area contributed by atoms with Crippen molar-refractivity contribution in [2.24, 2.45) is 0 Å². The summed E-state index contributed by atoms with van der Waals surface area (Å²) in [5.41, 5.74) is 0.0557. The lowest BCUT2D eigenvalue weighted by molar-refractivity contribution is 0.202. The molecular formula is C13H19BrFNO. The second-order valence-corrected chi connectivity index (χ2v) is 6.08. The van der Waals surface area contributed by atoms with Crippen molar-refractivity contribution < 1.29 is 9.13 Å². The van der Waals surface area contributed by atoms with E-state index in [0.29, 0.717) is 10.2 Å². The summed E-state index contributed by atoms with van der Waals surface area (Å²) in [5.74, 6) is 0.241. The molecule has 0 aliphatic rings. The normalized spacial score (nSPS) is 13.5. The van der Waals surface area contributed by atoms with Gasteiger partial charge in [-0.05, 0) is 39.8 Å². The van der Waals surface area contributed by atoms with Gasteiger partial charge < -0.3 is 10.1 Å². The van der Waals surface area contributed by atoms with E-state index in [1.54, 1.807) is 6.07 Å². The zero-order valence-electron chi connectivity index (χ0n) is 10.7. The van der Waals surface area contributed by atoms with Gasteiger partial charge in [0.15, 0.2) is 0 Å². The Kier molecular flexibility index (Phi) is 4.95. The van der Waals surface area contributed by atoms with Crippen LogP contribution in [0.15, 0.2) is 22.7 Å². The van der Waals surface area contributed by atoms with Gasteiger partial charge in [-0.25, -0.2) is 4.39 Å². The number of nitrogens with one attached hydrogen (secondary N) is 1. The van der Waals surface area contributed by atoms with E-state index < -0.39 is 0 Å². The van der Waals surface area contributed by atoms with Gasteiger partial charge in [0, 0.05) is 22.6 Å². The molecule has 1 rings (SSSR count). The molecule has 17 heavy (non-hydrogen) atoms. The van der Waals surface area contributed by atoms with E-state index in [4.69, 9.17) is 4.74 Å². The molecule has 0 fully saturated rings. The summed E-state index contributed by atoms with van der Waals surface area (Å²) in [6.45, 7) is 8.96. The molecule has 1 aromatic rings. The third-order valence-corrected chi connectivity index (χ3v) is 2.55. The van der Waals surface area contributed by atoms with Gasteiger partial charge in [-0.2, -0.15) is 0 Å². The summed E-state index contributed by atoms with van der Waals surface area (Å²) in [5, 5.41) is 3.34. The SMILES string of the molecule is CC(CNC(C)(C)C)Oc1cc(F)cc(Br)c1. The maximum absolute atomic E-state index is 13.1. The fourth-order valence-electron chi connectivity index (χ4n) is 1.32. The maximum atomic E-state index is 13.1. The van der Waals surface area contributed by atoms with Crippen LogP contribution >= 0.6 is 15.9 Å². The van der Waals surface area contributed by atoms with E-state index in [0.717, 1.165) is 6.54 Å². The topological polar surface area (TPSA) is 21.3 Å². The Labute approximate surface area is 111 Å². The zero-order valence-corrected chi connectivity index (χ0v) is 12.3. The molecule has 0 aliphatic heterocycles. The van der Waals surface area contributed by atoms with Crippen LogP contribution < -0.4 is 10.1 Å². The first-order valence-electron chi connectivity index (χ1n) is 5.64. The van der Waals surface area contributed by atoms with Crippen molar-refractivity contribution in [3.8, 4) is 5.75 Å². The van der Waals surface area contributed by atoms with Gasteiger partial charge in [-0.15, -0.1) is 0 Å². The van der Waals surface area contributed by atoms with Crippen molar-refractivity contribution in [1.82, 2.24) is 5.32 Å². The molecule has 4 heteroatoms. The van der Waals surface area contributed by atoms with Gasteiger partial charge in [-0.3, -0.25) is 0 Å². The lowest BCUT2D eigenvalue weighted by atomic mass is 10.1. The lowest BCUT2D eigenvalue weighted by Gasteiger charge is -2.24. The lowest BCUT2D eigenvalue weighted by Crippen LogP contribution is -2.41. The molecule has 0 saturated heterocycles. The Balaban J connectivity index is 2.53. The predicted octanol–water partition coefficient (Wildman–Crippen LogP) is 3.74. The third-order valence-electron chi connectivity index (χ3n) is 2.09. The summed E-state index contributed by atoms with van der Waals surface area (Å²) >= 11 is 3.24. The number of benzene rings is 1. The molecule has 0 radical (unpaired) electrons. The minimum absolute atomic E-state index is 0.0112. The fraction of sp³-hybridized carbons (Fsp3) is 0.538. The first-order chi connectivity index (χ1) is 7.76. The Morgan fingerprint density at radius 3 is 2.53 bits per heavy atom. The minimum Gasteiger partial charge on any atom is -0.489 e. The van der Waals surface area contributed by atoms with Crippen molar-refractivity contribution in [1.29, 1.82) is 0 Å². The first-order valence-corrected chi connectivity index (χ1v) is 6.43. The van der Waals surface area contributed by atoms with Crippen molar-refractivity contribution in [2.75, 3.05) is 6.54 Å². The smallest absolute Gasteiger partial charge is 0.128 e. The second kappa shape index (κ2) is 5.83. The fourth-order valence-corrected chi connectivity index (χ4v) is 1.76. The highest BCUT2D eigenvalue weighted by Gasteiger charge is 2.12. The Hall–Kier alpha value is -0.610. The number of ether oxygens (including phenoxy) is 1. The van der Waals surface area contributed by atoms with Gasteiger partial charge in [0.25, 0.3) is 0 Å². The van der Waals surface area contributed by atoms with E-state index in [9.17, 15) is 4.39 Å². The van der Waals surface area contributed by atoms with E-state index in [1.807, 2.05) is 6.92 Å². The van der Waals surface area contributed by atoms with Crippen LogP contribution in [-0.2, 0) is 0 Å². The predicted molar refractivity (Wildman–Crippen MR) is 71.9 cm³/mol. The molecule has 1 N–H and O–H groups in total. The Bertz CT molecular complexity index is 356. The molecule has 1 atom stereocenters. The summed E-state index contributed by atoms with van der Waals surface area (Å²) in [4.78, 5) is 0. The van der Waals surface area contributed by atoms with Crippen molar-refractivity contribution >= 4 is 15.9 Å². The molecule has 0 spiro atoms. The van der Waals surface area contributed by atoms with E-state index >= 15 is 0 Å². The molecule has 1 unspecified atom stereocenters. The van der Waals surface area contributed by atoms with E-state index in [1.165, 1.54) is 12.1 Å². The summed E-state index contributed by atoms with van der Waals surface area (Å²) in [7, 11) is 0. The van der Waals surface area contributed by atoms with Gasteiger partial charge in [-0.1, -0.05) is 15.9 Å². The molecule has 0 saturated carbocycles. The number of hydrogen-bond donors (Lipinski definition) is 1. The Morgan fingerprint density at radius 2 is 2.00 bits per heavy atom. The summed E-state index contributed by atoms with van der Waals surface area (Å²) in [6, 6.07) is 4.56. The minimum atomic E-state index is -0.301. The quantitative estimate of drug-likeness (QED) is 0.915. The third kappa shape index (κ3) is 6.03. The largest absolute Gasteiger partial charge is 0.489 e. The number of rotatable bonds is 4. The summed E-state index contributed by atoms with van der Waals surface area (Å²) < 4.78 is 19.5. The number of hydrogen-bond acceptors (Lipinski definition) is 2. The van der Waals surface area contributed by atoms with Crippen molar-refractivity contribution in [3.63, 3.8) is 0 Å². The second-order valence-electron chi connectivity index (χ2n) is 5.16. The molecule has 2 nitrogen and oxygen atoms in total. The van der Waals surface area contributed by atoms with Crippen LogP contribution in [0, 0.1) is 5.82 Å².